The van der Waals surface area contributed by atoms with E-state index in [-0.39, 0.29) is 115 Å². The summed E-state index contributed by atoms with van der Waals surface area (Å²) < 4.78 is 0. The zero-order valence-corrected chi connectivity index (χ0v) is 41.3. The summed E-state index contributed by atoms with van der Waals surface area (Å²) in [7, 11) is -1.86. The van der Waals surface area contributed by atoms with Crippen molar-refractivity contribution in [1.82, 2.24) is 45.8 Å². The van der Waals surface area contributed by atoms with Gasteiger partial charge in [0.05, 0.1) is 38.2 Å². The van der Waals surface area contributed by atoms with Crippen molar-refractivity contribution in [1.29, 1.82) is 0 Å². The number of unbranched alkanes of at least 4 members (excludes halogenated alkanes) is 2. The van der Waals surface area contributed by atoms with Crippen LogP contribution >= 0.6 is 0 Å². The first kappa shape index (κ1) is 59.1. The Morgan fingerprint density at radius 3 is 1.70 bits per heavy atom. The van der Waals surface area contributed by atoms with Gasteiger partial charge in [-0.15, -0.1) is 0 Å². The third-order valence-corrected chi connectivity index (χ3v) is 12.5. The number of aliphatic hydroxyl groups excluding tert-OH is 1. The summed E-state index contributed by atoms with van der Waals surface area (Å²) >= 11 is 0. The van der Waals surface area contributed by atoms with Crippen molar-refractivity contribution >= 4 is 71.2 Å². The number of carbonyl (C=O) groups excluding carboxylic acids is 6. The van der Waals surface area contributed by atoms with E-state index in [9.17, 15) is 63.7 Å². The van der Waals surface area contributed by atoms with Crippen LogP contribution in [0.25, 0.3) is 10.8 Å². The molecular formula is C46H72BN13O13. The molecule has 2 aromatic carbocycles. The first-order valence-electron chi connectivity index (χ1n) is 24.4. The van der Waals surface area contributed by atoms with Crippen molar-refractivity contribution in [2.45, 2.75) is 69.6 Å². The molecule has 2 fully saturated rings. The van der Waals surface area contributed by atoms with Crippen LogP contribution in [0.3, 0.4) is 0 Å². The number of carbonyl (C=O) groups is 8. The average molecular weight is 1030 g/mol. The Hall–Kier alpha value is -6.49. The van der Waals surface area contributed by atoms with E-state index in [1.807, 2.05) is 0 Å². The zero-order chi connectivity index (χ0) is 53.6. The molecule has 2 aliphatic heterocycles. The molecule has 2 saturated heterocycles. The SMILES string of the molecule is C[C@@H](NC(=O)c1ccc(C(=O)NCCCCCNC(=O)[C@H](CCCN=C(N)N)NC(=O)CN2CCN(CC(=O)O)CCN(CC(N)=O)CCN(CC(=O)O)CC2)c2ccccc12)C(=O)N1C[C@@H](O)C[C@H]1B(O)O. The number of carboxylic acid groups (broad SMARTS) is 2. The third-order valence-electron chi connectivity index (χ3n) is 12.5. The Morgan fingerprint density at radius 1 is 0.685 bits per heavy atom. The Kier molecular flexibility index (Phi) is 24.2. The molecule has 2 aromatic rings. The van der Waals surface area contributed by atoms with Crippen LogP contribution in [-0.2, 0) is 28.8 Å². The molecule has 0 spiro atoms. The van der Waals surface area contributed by atoms with Crippen molar-refractivity contribution in [3.63, 3.8) is 0 Å². The molecule has 73 heavy (non-hydrogen) atoms. The number of likely N-dealkylation sites (tertiary alicyclic amines) is 1. The fraction of sp³-hybridized carbons (Fsp3) is 0.587. The van der Waals surface area contributed by atoms with Gasteiger partial charge < -0.3 is 68.7 Å². The standard InChI is InChI=1S/C46H72BN13O13/c1-30(45(71)60-25-31(61)24-37(60)47(72)73)54-43(69)35-12-11-34(32-8-3-4-9-33(32)35)42(68)51-13-5-2-6-14-52-44(70)36(10-7-15-53-46(49)50)55-39(63)27-57-18-22-58(28-40(64)65)20-16-56(26-38(48)62)17-21-59(23-19-57)29-41(66)67/h3-4,8-9,11-12,30-31,36-37,61,72-73H,2,5-7,10,13-29H2,1H3,(H2,48,62)(H,51,68)(H,52,70)(H,54,69)(H,55,63)(H,64,65)(H,66,67)(H4,49,50,53)/t30-,31+,36+,37+/m1/s1. The molecule has 2 aliphatic rings. The fourth-order valence-electron chi connectivity index (χ4n) is 8.75. The molecule has 0 radical (unpaired) electrons. The maximum absolute atomic E-state index is 13.6. The summed E-state index contributed by atoms with van der Waals surface area (Å²) in [5, 5.41) is 60.8. The Labute approximate surface area is 423 Å². The minimum Gasteiger partial charge on any atom is -0.480 e. The van der Waals surface area contributed by atoms with Gasteiger partial charge in [0.25, 0.3) is 11.8 Å². The lowest BCUT2D eigenvalue weighted by atomic mass is 9.77. The second kappa shape index (κ2) is 29.9. The minimum absolute atomic E-state index is 0.0138. The van der Waals surface area contributed by atoms with E-state index in [1.54, 1.807) is 43.9 Å². The number of hydrogen-bond donors (Lipinski definition) is 12. The molecule has 2 heterocycles. The van der Waals surface area contributed by atoms with Gasteiger partial charge in [-0.25, -0.2) is 0 Å². The van der Waals surface area contributed by atoms with Gasteiger partial charge in [-0.2, -0.15) is 0 Å². The number of aliphatic carboxylic acids is 2. The van der Waals surface area contributed by atoms with Crippen LogP contribution in [0, 0.1) is 0 Å². The lowest BCUT2D eigenvalue weighted by Gasteiger charge is -2.33. The number of aliphatic imine (C=N–C) groups is 1. The molecule has 0 bridgehead atoms. The highest BCUT2D eigenvalue weighted by atomic mass is 16.4. The maximum Gasteiger partial charge on any atom is 0.475 e. The van der Waals surface area contributed by atoms with Gasteiger partial charge in [-0.05, 0) is 68.4 Å². The normalized spacial score (nSPS) is 18.3. The largest absolute Gasteiger partial charge is 0.480 e. The molecule has 4 atom stereocenters. The zero-order valence-electron chi connectivity index (χ0n) is 41.3. The van der Waals surface area contributed by atoms with Crippen LogP contribution in [0.2, 0.25) is 0 Å². The summed E-state index contributed by atoms with van der Waals surface area (Å²) in [5.41, 5.74) is 16.9. The smallest absolute Gasteiger partial charge is 0.475 e. The number of carboxylic acids is 2. The predicted octanol–water partition coefficient (Wildman–Crippen LogP) is -4.64. The first-order chi connectivity index (χ1) is 34.7. The topological polar surface area (TPSA) is 392 Å². The van der Waals surface area contributed by atoms with Crippen LogP contribution in [0.5, 0.6) is 0 Å². The molecular weight excluding hydrogens is 953 g/mol. The molecule has 26 nitrogen and oxygen atoms in total. The van der Waals surface area contributed by atoms with E-state index in [2.05, 4.69) is 26.3 Å². The van der Waals surface area contributed by atoms with Crippen molar-refractivity contribution in [3.05, 3.63) is 47.5 Å². The Bertz CT molecular complexity index is 2220. The number of hydrogen-bond acceptors (Lipinski definition) is 16. The van der Waals surface area contributed by atoms with Gasteiger partial charge in [0.15, 0.2) is 5.96 Å². The highest BCUT2D eigenvalue weighted by Crippen LogP contribution is 2.24. The van der Waals surface area contributed by atoms with Crippen molar-refractivity contribution in [3.8, 4) is 0 Å². The fourth-order valence-corrected chi connectivity index (χ4v) is 8.75. The predicted molar refractivity (Wildman–Crippen MR) is 268 cm³/mol. The number of benzene rings is 2. The van der Waals surface area contributed by atoms with E-state index in [4.69, 9.17) is 17.2 Å². The molecule has 0 aliphatic carbocycles. The second-order valence-electron chi connectivity index (χ2n) is 18.3. The number of β-amino-alcohol motifs (C(OH)–C–C–N with tert-alkyl or cyclic N) is 1. The molecule has 0 saturated carbocycles. The van der Waals surface area contributed by atoms with Crippen molar-refractivity contribution in [2.75, 3.05) is 105 Å². The number of amides is 6. The van der Waals surface area contributed by atoms with E-state index in [1.165, 1.54) is 19.1 Å². The lowest BCUT2D eigenvalue weighted by Crippen LogP contribution is -2.52. The van der Waals surface area contributed by atoms with Crippen LogP contribution in [0.1, 0.15) is 66.2 Å². The van der Waals surface area contributed by atoms with Crippen molar-refractivity contribution < 1.29 is 63.7 Å². The number of nitrogens with zero attached hydrogens (tertiary/aromatic N) is 6. The van der Waals surface area contributed by atoms with E-state index in [0.29, 0.717) is 61.7 Å². The first-order valence-corrected chi connectivity index (χ1v) is 24.4. The molecule has 0 unspecified atom stereocenters. The van der Waals surface area contributed by atoms with Gasteiger partial charge >= 0.3 is 19.1 Å². The molecule has 0 aromatic heterocycles. The monoisotopic (exact) mass is 1030 g/mol. The number of rotatable bonds is 25. The quantitative estimate of drug-likeness (QED) is 0.0193. The third kappa shape index (κ3) is 20.2. The van der Waals surface area contributed by atoms with E-state index in [0.717, 1.165) is 4.90 Å². The Balaban J connectivity index is 1.30. The summed E-state index contributed by atoms with van der Waals surface area (Å²) in [6.45, 7) is 3.35. The molecule has 4 rings (SSSR count). The van der Waals surface area contributed by atoms with Crippen LogP contribution in [0.15, 0.2) is 41.4 Å². The van der Waals surface area contributed by atoms with Crippen LogP contribution in [-0.4, -0.2) is 239 Å². The summed E-state index contributed by atoms with van der Waals surface area (Å²) in [6, 6.07) is 7.80. The molecule has 27 heteroatoms. The van der Waals surface area contributed by atoms with Gasteiger partial charge in [-0.3, -0.25) is 62.9 Å². The van der Waals surface area contributed by atoms with Gasteiger partial charge in [0, 0.05) is 89.7 Å². The number of fused-ring (bicyclic) bond motifs is 1. The number of nitrogens with two attached hydrogens (primary N) is 3. The number of guanidine groups is 1. The van der Waals surface area contributed by atoms with Crippen molar-refractivity contribution in [2.24, 2.45) is 22.2 Å². The molecule has 15 N–H and O–H groups in total. The minimum atomic E-state index is -1.86. The van der Waals surface area contributed by atoms with E-state index >= 15 is 0 Å². The number of primary amides is 1. The highest BCUT2D eigenvalue weighted by molar-refractivity contribution is 6.43. The summed E-state index contributed by atoms with van der Waals surface area (Å²) in [5.74, 6) is -6.31. The summed E-state index contributed by atoms with van der Waals surface area (Å²) in [6.07, 6.45) is 1.32. The molecule has 6 amide bonds. The van der Waals surface area contributed by atoms with Crippen LogP contribution in [0.4, 0.5) is 0 Å². The summed E-state index contributed by atoms with van der Waals surface area (Å²) in [4.78, 5) is 114. The van der Waals surface area contributed by atoms with Gasteiger partial charge in [0.2, 0.25) is 23.6 Å². The Morgan fingerprint density at radius 2 is 1.19 bits per heavy atom. The van der Waals surface area contributed by atoms with Crippen LogP contribution < -0.4 is 38.5 Å². The average Bonchev–Trinajstić information content (AvgIpc) is 3.73. The number of nitrogens with one attached hydrogen (secondary N) is 4. The lowest BCUT2D eigenvalue weighted by molar-refractivity contribution is -0.139. The van der Waals surface area contributed by atoms with Gasteiger partial charge in [-0.1, -0.05) is 24.3 Å². The number of aliphatic hydroxyl groups is 1. The van der Waals surface area contributed by atoms with Gasteiger partial charge in [0.1, 0.15) is 12.1 Å². The second-order valence-corrected chi connectivity index (χ2v) is 18.3. The van der Waals surface area contributed by atoms with E-state index < -0.39 is 72.7 Å². The highest BCUT2D eigenvalue weighted by Gasteiger charge is 2.42. The molecule has 402 valence electrons. The maximum atomic E-state index is 13.6.